The molecule has 2 aromatic carbocycles. The van der Waals surface area contributed by atoms with Crippen molar-refractivity contribution in [2.75, 3.05) is 18.6 Å². The van der Waals surface area contributed by atoms with Gasteiger partial charge in [-0.25, -0.2) is 9.78 Å². The maximum Gasteiger partial charge on any atom is 0.337 e. The second-order valence-electron chi connectivity index (χ2n) is 10.9. The molecule has 3 heterocycles. The van der Waals surface area contributed by atoms with Crippen molar-refractivity contribution in [3.63, 3.8) is 0 Å². The molecule has 37 heavy (non-hydrogen) atoms. The van der Waals surface area contributed by atoms with Gasteiger partial charge in [-0.05, 0) is 76.9 Å². The van der Waals surface area contributed by atoms with Crippen molar-refractivity contribution in [2.45, 2.75) is 65.7 Å². The Morgan fingerprint density at radius 3 is 2.68 bits per heavy atom. The smallest absolute Gasteiger partial charge is 0.337 e. The number of carboxylic acids is 1. The van der Waals surface area contributed by atoms with E-state index in [0.29, 0.717) is 12.2 Å². The zero-order chi connectivity index (χ0) is 26.6. The first-order chi connectivity index (χ1) is 17.5. The molecule has 1 aliphatic rings. The van der Waals surface area contributed by atoms with E-state index in [9.17, 15) is 9.90 Å². The summed E-state index contributed by atoms with van der Waals surface area (Å²) in [5, 5.41) is 12.3. The lowest BCUT2D eigenvalue weighted by Gasteiger charge is -2.28. The maximum atomic E-state index is 12.7. The first-order valence-corrected chi connectivity index (χ1v) is 13.4. The lowest BCUT2D eigenvalue weighted by molar-refractivity contribution is -0.160. The van der Waals surface area contributed by atoms with Gasteiger partial charge in [0.2, 0.25) is 0 Å². The topological polar surface area (TPSA) is 84.8 Å². The molecule has 2 aromatic heterocycles. The molecule has 1 atom stereocenters. The van der Waals surface area contributed by atoms with Gasteiger partial charge in [-0.2, -0.15) is 0 Å². The van der Waals surface area contributed by atoms with Crippen molar-refractivity contribution in [1.29, 1.82) is 0 Å². The van der Waals surface area contributed by atoms with Crippen molar-refractivity contribution in [3.8, 4) is 16.9 Å². The van der Waals surface area contributed by atoms with E-state index >= 15 is 0 Å². The van der Waals surface area contributed by atoms with Crippen LogP contribution < -0.4 is 9.64 Å². The van der Waals surface area contributed by atoms with Crippen molar-refractivity contribution in [1.82, 2.24) is 9.97 Å². The van der Waals surface area contributed by atoms with Crippen molar-refractivity contribution in [3.05, 3.63) is 47.2 Å². The van der Waals surface area contributed by atoms with Gasteiger partial charge in [-0.3, -0.25) is 4.98 Å². The van der Waals surface area contributed by atoms with E-state index in [1.54, 1.807) is 11.3 Å². The molecule has 5 rings (SSSR count). The Hall–Kier alpha value is -3.23. The largest absolute Gasteiger partial charge is 0.493 e. The van der Waals surface area contributed by atoms with Gasteiger partial charge >= 0.3 is 5.97 Å². The number of rotatable bonds is 6. The highest BCUT2D eigenvalue weighted by Crippen LogP contribution is 2.47. The number of anilines is 1. The Bertz CT molecular complexity index is 1510. The van der Waals surface area contributed by atoms with Crippen LogP contribution in [0.4, 0.5) is 5.13 Å². The molecule has 0 fully saturated rings. The lowest BCUT2D eigenvalue weighted by atomic mass is 9.89. The van der Waals surface area contributed by atoms with Crippen LogP contribution in [0.1, 0.15) is 57.4 Å². The van der Waals surface area contributed by atoms with Crippen molar-refractivity contribution in [2.24, 2.45) is 0 Å². The predicted molar refractivity (Wildman–Crippen MR) is 149 cm³/mol. The molecule has 0 saturated carbocycles. The van der Waals surface area contributed by atoms with Crippen molar-refractivity contribution < 1.29 is 19.4 Å². The Balaban J connectivity index is 1.89. The SMILES string of the molecule is Cc1cc2nc(N(C)C(C)C)sc2c(-c2ccc3c4c(ccnc24)CCO3)c1C(OC(C)(C)C)C(=O)O. The minimum absolute atomic E-state index is 0.264. The van der Waals surface area contributed by atoms with Crippen LogP contribution in [0.15, 0.2) is 30.5 Å². The van der Waals surface area contributed by atoms with Gasteiger partial charge in [0.05, 0.1) is 27.9 Å². The van der Waals surface area contributed by atoms with Gasteiger partial charge in [0.15, 0.2) is 11.2 Å². The van der Waals surface area contributed by atoms with Gasteiger partial charge in [-0.15, -0.1) is 0 Å². The number of pyridine rings is 1. The highest BCUT2D eigenvalue weighted by atomic mass is 32.1. The summed E-state index contributed by atoms with van der Waals surface area (Å²) in [6.45, 7) is 12.4. The predicted octanol–water partition coefficient (Wildman–Crippen LogP) is 6.54. The van der Waals surface area contributed by atoms with E-state index in [2.05, 4.69) is 18.7 Å². The molecule has 8 heteroatoms. The fraction of sp³-hybridized carbons (Fsp3) is 0.414. The fourth-order valence-electron chi connectivity index (χ4n) is 4.87. The Morgan fingerprint density at radius 2 is 2.00 bits per heavy atom. The number of fused-ring (bicyclic) bond motifs is 1. The van der Waals surface area contributed by atoms with Crippen LogP contribution in [0.5, 0.6) is 5.75 Å². The third kappa shape index (κ3) is 4.53. The summed E-state index contributed by atoms with van der Waals surface area (Å²) in [5.74, 6) is -0.217. The Morgan fingerprint density at radius 1 is 1.24 bits per heavy atom. The number of carbonyl (C=O) groups is 1. The average Bonchev–Trinajstić information content (AvgIpc) is 3.25. The number of nitrogens with zero attached hydrogens (tertiary/aromatic N) is 3. The van der Waals surface area contributed by atoms with Crippen LogP contribution >= 0.6 is 11.3 Å². The van der Waals surface area contributed by atoms with E-state index < -0.39 is 17.7 Å². The summed E-state index contributed by atoms with van der Waals surface area (Å²) in [6, 6.07) is 8.25. The van der Waals surface area contributed by atoms with Gasteiger partial charge in [0.25, 0.3) is 0 Å². The molecule has 0 spiro atoms. The zero-order valence-electron chi connectivity index (χ0n) is 22.4. The van der Waals surface area contributed by atoms with E-state index in [1.807, 2.05) is 65.2 Å². The summed E-state index contributed by atoms with van der Waals surface area (Å²) in [4.78, 5) is 24.6. The molecule has 0 amide bonds. The van der Waals surface area contributed by atoms with E-state index in [1.165, 1.54) is 5.56 Å². The second-order valence-corrected chi connectivity index (χ2v) is 11.9. The van der Waals surface area contributed by atoms with Crippen LogP contribution in [0.25, 0.3) is 32.2 Å². The summed E-state index contributed by atoms with van der Waals surface area (Å²) < 4.78 is 13.1. The average molecular weight is 520 g/mol. The monoisotopic (exact) mass is 519 g/mol. The van der Waals surface area contributed by atoms with Crippen LogP contribution in [0.2, 0.25) is 0 Å². The molecule has 1 N–H and O–H groups in total. The van der Waals surface area contributed by atoms with Crippen LogP contribution in [-0.2, 0) is 16.0 Å². The minimum Gasteiger partial charge on any atom is -0.493 e. The van der Waals surface area contributed by atoms with Gasteiger partial charge in [0, 0.05) is 47.8 Å². The molecule has 0 bridgehead atoms. The summed E-state index contributed by atoms with van der Waals surface area (Å²) >= 11 is 1.57. The number of aliphatic carboxylic acids is 1. The number of hydrogen-bond acceptors (Lipinski definition) is 7. The third-order valence-electron chi connectivity index (χ3n) is 6.79. The molecule has 0 aliphatic carbocycles. The Kier molecular flexibility index (Phi) is 6.36. The van der Waals surface area contributed by atoms with E-state index in [-0.39, 0.29) is 6.04 Å². The van der Waals surface area contributed by atoms with Crippen LogP contribution in [0, 0.1) is 6.92 Å². The molecular weight excluding hydrogens is 486 g/mol. The van der Waals surface area contributed by atoms with E-state index in [0.717, 1.165) is 55.1 Å². The lowest BCUT2D eigenvalue weighted by Crippen LogP contribution is -2.28. The standard InChI is InChI=1S/C29H33N3O4S/c1-15(2)32(7)28-31-19-14-16(3)21(25(27(33)34)36-29(4,5)6)23(26(19)37-28)18-8-9-20-22-17(11-13-35-20)10-12-30-24(18)22/h8-10,12,14-15,25H,11,13H2,1-7H3,(H,33,34). The normalized spacial score (nSPS) is 14.3. The van der Waals surface area contributed by atoms with Crippen LogP contribution in [-0.4, -0.2) is 46.3 Å². The maximum absolute atomic E-state index is 12.7. The first kappa shape index (κ1) is 25.4. The van der Waals surface area contributed by atoms with Crippen LogP contribution in [0.3, 0.4) is 0 Å². The van der Waals surface area contributed by atoms with Crippen molar-refractivity contribution >= 4 is 43.6 Å². The molecular formula is C29H33N3O4S. The molecule has 0 saturated heterocycles. The van der Waals surface area contributed by atoms with E-state index in [4.69, 9.17) is 19.4 Å². The third-order valence-corrected chi connectivity index (χ3v) is 7.97. The quantitative estimate of drug-likeness (QED) is 0.310. The highest BCUT2D eigenvalue weighted by molar-refractivity contribution is 7.22. The molecule has 1 unspecified atom stereocenters. The number of thiazole rings is 1. The first-order valence-electron chi connectivity index (χ1n) is 12.6. The second kappa shape index (κ2) is 9.26. The molecule has 1 aliphatic heterocycles. The number of ether oxygens (including phenoxy) is 2. The Labute approximate surface area is 221 Å². The van der Waals surface area contributed by atoms with Gasteiger partial charge in [0.1, 0.15) is 5.75 Å². The summed E-state index contributed by atoms with van der Waals surface area (Å²) in [5.41, 5.74) is 5.29. The minimum atomic E-state index is -1.16. The highest BCUT2D eigenvalue weighted by Gasteiger charge is 2.33. The van der Waals surface area contributed by atoms with Gasteiger partial charge in [-0.1, -0.05) is 11.3 Å². The molecule has 0 radical (unpaired) electrons. The number of aromatic nitrogens is 2. The number of aryl methyl sites for hydroxylation is 1. The fourth-order valence-corrected chi connectivity index (χ4v) is 6.08. The summed E-state index contributed by atoms with van der Waals surface area (Å²) in [7, 11) is 2.03. The zero-order valence-corrected chi connectivity index (χ0v) is 23.2. The number of carboxylic acid groups (broad SMARTS) is 1. The molecule has 4 aromatic rings. The molecule has 7 nitrogen and oxygen atoms in total. The number of benzene rings is 2. The number of hydrogen-bond donors (Lipinski definition) is 1. The van der Waals surface area contributed by atoms with Gasteiger partial charge < -0.3 is 19.5 Å². The summed E-state index contributed by atoms with van der Waals surface area (Å²) in [6.07, 6.45) is 1.48. The molecule has 194 valence electrons.